The highest BCUT2D eigenvalue weighted by Crippen LogP contribution is 2.37. The monoisotopic (exact) mass is 454 g/mol. The van der Waals surface area contributed by atoms with Crippen LogP contribution in [0.3, 0.4) is 0 Å². The molecular formula is C24H24F2N4O3. The number of urea groups is 1. The zero-order valence-corrected chi connectivity index (χ0v) is 18.3. The Labute approximate surface area is 190 Å². The van der Waals surface area contributed by atoms with Gasteiger partial charge in [-0.2, -0.15) is 4.98 Å². The maximum atomic E-state index is 13.5. The quantitative estimate of drug-likeness (QED) is 0.488. The number of amides is 2. The van der Waals surface area contributed by atoms with Gasteiger partial charge in [0.05, 0.1) is 11.6 Å². The Morgan fingerprint density at radius 1 is 1.09 bits per heavy atom. The number of hydrogen-bond acceptors (Lipinski definition) is 5. The minimum Gasteiger partial charge on any atom is -0.382 e. The molecule has 0 aliphatic carbocycles. The van der Waals surface area contributed by atoms with E-state index in [1.54, 1.807) is 29.2 Å². The van der Waals surface area contributed by atoms with Crippen molar-refractivity contribution in [2.45, 2.75) is 26.3 Å². The van der Waals surface area contributed by atoms with Crippen molar-refractivity contribution in [2.75, 3.05) is 19.8 Å². The predicted octanol–water partition coefficient (Wildman–Crippen LogP) is 4.94. The van der Waals surface area contributed by atoms with Gasteiger partial charge in [0.2, 0.25) is 5.82 Å². The number of allylic oxidation sites excluding steroid dienone is 1. The molecule has 172 valence electrons. The number of hydrogen-bond donors (Lipinski definition) is 1. The highest BCUT2D eigenvalue weighted by Gasteiger charge is 2.35. The fourth-order valence-corrected chi connectivity index (χ4v) is 3.75. The maximum Gasteiger partial charge on any atom is 0.322 e. The summed E-state index contributed by atoms with van der Waals surface area (Å²) in [4.78, 5) is 19.0. The molecule has 1 N–H and O–H groups in total. The average molecular weight is 454 g/mol. The topological polar surface area (TPSA) is 80.5 Å². The number of carbonyl (C=O) groups excluding carboxylic acids is 1. The zero-order chi connectivity index (χ0) is 23.4. The molecule has 1 aliphatic heterocycles. The molecule has 1 aromatic heterocycles. The minimum atomic E-state index is -0.609. The number of nitrogens with zero attached hydrogens (tertiary/aromatic N) is 3. The number of halogens is 2. The first-order chi connectivity index (χ1) is 16.0. The van der Waals surface area contributed by atoms with Gasteiger partial charge in [-0.25, -0.2) is 13.6 Å². The van der Waals surface area contributed by atoms with Crippen molar-refractivity contribution in [1.29, 1.82) is 0 Å². The maximum absolute atomic E-state index is 13.5. The van der Waals surface area contributed by atoms with Crippen LogP contribution in [0.4, 0.5) is 13.6 Å². The summed E-state index contributed by atoms with van der Waals surface area (Å²) in [5.74, 6) is -0.230. The largest absolute Gasteiger partial charge is 0.382 e. The molecule has 0 saturated carbocycles. The van der Waals surface area contributed by atoms with Gasteiger partial charge in [0.25, 0.3) is 5.89 Å². The molecule has 1 unspecified atom stereocenters. The van der Waals surface area contributed by atoms with E-state index >= 15 is 0 Å². The summed E-state index contributed by atoms with van der Waals surface area (Å²) in [5, 5.41) is 7.01. The average Bonchev–Trinajstić information content (AvgIpc) is 3.29. The number of aromatic nitrogens is 2. The Balaban J connectivity index is 1.73. The highest BCUT2D eigenvalue weighted by molar-refractivity contribution is 5.86. The zero-order valence-electron chi connectivity index (χ0n) is 18.3. The second-order valence-electron chi connectivity index (χ2n) is 7.57. The van der Waals surface area contributed by atoms with Crippen LogP contribution in [0.25, 0.3) is 17.0 Å². The predicted molar refractivity (Wildman–Crippen MR) is 118 cm³/mol. The Bertz CT molecular complexity index is 1140. The van der Waals surface area contributed by atoms with Gasteiger partial charge in [-0.05, 0) is 62.2 Å². The van der Waals surface area contributed by atoms with Crippen molar-refractivity contribution < 1.29 is 22.8 Å². The molecule has 3 aromatic rings. The highest BCUT2D eigenvalue weighted by atomic mass is 19.1. The van der Waals surface area contributed by atoms with Crippen LogP contribution >= 0.6 is 0 Å². The Hall–Kier alpha value is -3.59. The van der Waals surface area contributed by atoms with Crippen LogP contribution in [0.15, 0.2) is 58.8 Å². The van der Waals surface area contributed by atoms with E-state index in [9.17, 15) is 13.6 Å². The Kier molecular flexibility index (Phi) is 6.79. The SMILES string of the molecule is CCOCCCN1C(=O)NC(c2ccc(F)cc2)C(c2nc(-c3ccc(F)cc3)no2)=C1C. The molecule has 2 aromatic carbocycles. The summed E-state index contributed by atoms with van der Waals surface area (Å²) in [6.45, 7) is 5.30. The van der Waals surface area contributed by atoms with Crippen LogP contribution < -0.4 is 5.32 Å². The standard InChI is InChI=1S/C24H24F2N4O3/c1-3-32-14-4-13-30-15(2)20(21(27-24(30)31)16-5-9-18(25)10-6-16)23-28-22(29-33-23)17-7-11-19(26)12-8-17/h5-12,21H,3-4,13-14H2,1-2H3,(H,27,31). The van der Waals surface area contributed by atoms with Gasteiger partial charge in [0.15, 0.2) is 0 Å². The lowest BCUT2D eigenvalue weighted by Gasteiger charge is -2.35. The van der Waals surface area contributed by atoms with E-state index in [0.717, 1.165) is 0 Å². The van der Waals surface area contributed by atoms with Crippen molar-refractivity contribution in [2.24, 2.45) is 0 Å². The van der Waals surface area contributed by atoms with Gasteiger partial charge in [0, 0.05) is 31.0 Å². The van der Waals surface area contributed by atoms with Crippen molar-refractivity contribution in [3.05, 3.63) is 77.3 Å². The van der Waals surface area contributed by atoms with E-state index < -0.39 is 6.04 Å². The third-order valence-electron chi connectivity index (χ3n) is 5.43. The Morgan fingerprint density at radius 2 is 1.76 bits per heavy atom. The number of nitrogens with one attached hydrogen (secondary N) is 1. The van der Waals surface area contributed by atoms with Crippen LogP contribution in [-0.2, 0) is 4.74 Å². The molecule has 4 rings (SSSR count). The smallest absolute Gasteiger partial charge is 0.322 e. The summed E-state index contributed by atoms with van der Waals surface area (Å²) in [6, 6.07) is 10.8. The molecule has 2 heterocycles. The molecule has 7 nitrogen and oxygen atoms in total. The van der Waals surface area contributed by atoms with E-state index in [-0.39, 0.29) is 23.6 Å². The number of carbonyl (C=O) groups is 1. The third kappa shape index (κ3) is 4.93. The normalized spacial score (nSPS) is 16.3. The summed E-state index contributed by atoms with van der Waals surface area (Å²) >= 11 is 0. The lowest BCUT2D eigenvalue weighted by molar-refractivity contribution is 0.136. The Morgan fingerprint density at radius 3 is 2.42 bits per heavy atom. The molecule has 0 fully saturated rings. The molecule has 0 spiro atoms. The van der Waals surface area contributed by atoms with Crippen molar-refractivity contribution >= 4 is 11.6 Å². The minimum absolute atomic E-state index is 0.218. The molecule has 33 heavy (non-hydrogen) atoms. The fraction of sp³-hybridized carbons (Fsp3) is 0.292. The second-order valence-corrected chi connectivity index (χ2v) is 7.57. The fourth-order valence-electron chi connectivity index (χ4n) is 3.75. The molecular weight excluding hydrogens is 430 g/mol. The van der Waals surface area contributed by atoms with Gasteiger partial charge in [-0.1, -0.05) is 17.3 Å². The molecule has 1 atom stereocenters. The van der Waals surface area contributed by atoms with E-state index in [1.165, 1.54) is 24.3 Å². The number of ether oxygens (including phenoxy) is 1. The van der Waals surface area contributed by atoms with E-state index in [0.29, 0.717) is 54.4 Å². The molecule has 1 aliphatic rings. The molecule has 0 saturated heterocycles. The van der Waals surface area contributed by atoms with E-state index in [4.69, 9.17) is 9.26 Å². The van der Waals surface area contributed by atoms with Gasteiger partial charge in [-0.3, -0.25) is 4.90 Å². The van der Waals surface area contributed by atoms with Crippen molar-refractivity contribution in [1.82, 2.24) is 20.4 Å². The molecule has 2 amide bonds. The summed E-state index contributed by atoms with van der Waals surface area (Å²) < 4.78 is 37.8. The number of rotatable bonds is 8. The van der Waals surface area contributed by atoms with Crippen LogP contribution in [-0.4, -0.2) is 40.8 Å². The van der Waals surface area contributed by atoms with Gasteiger partial charge in [-0.15, -0.1) is 0 Å². The lowest BCUT2D eigenvalue weighted by atomic mass is 9.94. The second kappa shape index (κ2) is 9.91. The lowest BCUT2D eigenvalue weighted by Crippen LogP contribution is -2.46. The first-order valence-electron chi connectivity index (χ1n) is 10.7. The van der Waals surface area contributed by atoms with Crippen LogP contribution in [0, 0.1) is 11.6 Å². The van der Waals surface area contributed by atoms with E-state index in [2.05, 4.69) is 15.5 Å². The molecule has 9 heteroatoms. The van der Waals surface area contributed by atoms with Crippen LogP contribution in [0.2, 0.25) is 0 Å². The summed E-state index contributed by atoms with van der Waals surface area (Å²) in [5.41, 5.74) is 2.53. The van der Waals surface area contributed by atoms with Crippen LogP contribution in [0.5, 0.6) is 0 Å². The van der Waals surface area contributed by atoms with Crippen LogP contribution in [0.1, 0.15) is 37.8 Å². The van der Waals surface area contributed by atoms with E-state index in [1.807, 2.05) is 13.8 Å². The summed E-state index contributed by atoms with van der Waals surface area (Å²) in [6.07, 6.45) is 0.651. The first-order valence-corrected chi connectivity index (χ1v) is 10.7. The first kappa shape index (κ1) is 22.6. The van der Waals surface area contributed by atoms with Crippen molar-refractivity contribution in [3.63, 3.8) is 0 Å². The van der Waals surface area contributed by atoms with Gasteiger partial charge in [0.1, 0.15) is 11.6 Å². The number of benzene rings is 2. The van der Waals surface area contributed by atoms with Gasteiger partial charge < -0.3 is 14.6 Å². The van der Waals surface area contributed by atoms with Gasteiger partial charge >= 0.3 is 6.03 Å². The summed E-state index contributed by atoms with van der Waals surface area (Å²) in [7, 11) is 0. The third-order valence-corrected chi connectivity index (χ3v) is 5.43. The molecule has 0 radical (unpaired) electrons. The van der Waals surface area contributed by atoms with Crippen molar-refractivity contribution in [3.8, 4) is 11.4 Å². The molecule has 0 bridgehead atoms.